The summed E-state index contributed by atoms with van der Waals surface area (Å²) < 4.78 is 0. The third-order valence-corrected chi connectivity index (χ3v) is 4.18. The fourth-order valence-corrected chi connectivity index (χ4v) is 3.01. The fraction of sp³-hybridized carbons (Fsp3) is 0.333. The van der Waals surface area contributed by atoms with Crippen LogP contribution in [0.2, 0.25) is 0 Å². The molecule has 2 nitrogen and oxygen atoms in total. The first-order valence-electron chi connectivity index (χ1n) is 7.47. The van der Waals surface area contributed by atoms with Crippen LogP contribution in [-0.4, -0.2) is 6.54 Å². The molecule has 2 aromatic rings. The van der Waals surface area contributed by atoms with E-state index in [0.717, 1.165) is 18.8 Å². The van der Waals surface area contributed by atoms with Crippen LogP contribution in [0.1, 0.15) is 30.0 Å². The Bertz CT molecular complexity index is 587. The standard InChI is InChI=1S/C18H22N2/c1-2-20(18-10-8-17(19)9-11-18)13-14-6-7-15-4-3-5-16(15)12-14/h6-12H,2-5,13,19H2,1H3. The summed E-state index contributed by atoms with van der Waals surface area (Å²) in [5.74, 6) is 0. The molecule has 0 fully saturated rings. The Morgan fingerprint density at radius 3 is 2.50 bits per heavy atom. The number of anilines is 2. The summed E-state index contributed by atoms with van der Waals surface area (Å²) in [5.41, 5.74) is 12.3. The van der Waals surface area contributed by atoms with E-state index in [9.17, 15) is 0 Å². The van der Waals surface area contributed by atoms with E-state index in [1.807, 2.05) is 12.1 Å². The molecule has 0 heterocycles. The van der Waals surface area contributed by atoms with Crippen molar-refractivity contribution in [2.75, 3.05) is 17.2 Å². The molecule has 0 amide bonds. The largest absolute Gasteiger partial charge is 0.399 e. The molecule has 1 aliphatic carbocycles. The van der Waals surface area contributed by atoms with E-state index in [1.54, 1.807) is 11.1 Å². The molecule has 0 saturated carbocycles. The van der Waals surface area contributed by atoms with Crippen molar-refractivity contribution in [1.82, 2.24) is 0 Å². The van der Waals surface area contributed by atoms with Crippen LogP contribution in [0.25, 0.3) is 0 Å². The zero-order chi connectivity index (χ0) is 13.9. The summed E-state index contributed by atoms with van der Waals surface area (Å²) in [6.07, 6.45) is 3.82. The number of hydrogen-bond acceptors (Lipinski definition) is 2. The average Bonchev–Trinajstić information content (AvgIpc) is 2.93. The average molecular weight is 266 g/mol. The van der Waals surface area contributed by atoms with E-state index >= 15 is 0 Å². The highest BCUT2D eigenvalue weighted by molar-refractivity contribution is 5.53. The zero-order valence-corrected chi connectivity index (χ0v) is 12.1. The second kappa shape index (κ2) is 5.58. The predicted molar refractivity (Wildman–Crippen MR) is 86.0 cm³/mol. The number of hydrogen-bond donors (Lipinski definition) is 1. The van der Waals surface area contributed by atoms with Gasteiger partial charge in [-0.15, -0.1) is 0 Å². The number of aryl methyl sites for hydroxylation is 2. The topological polar surface area (TPSA) is 29.3 Å². The molecule has 0 aliphatic heterocycles. The first-order chi connectivity index (χ1) is 9.76. The third-order valence-electron chi connectivity index (χ3n) is 4.18. The lowest BCUT2D eigenvalue weighted by atomic mass is 10.1. The number of nitrogens with two attached hydrogens (primary N) is 1. The normalized spacial score (nSPS) is 13.2. The van der Waals surface area contributed by atoms with Crippen molar-refractivity contribution < 1.29 is 0 Å². The molecule has 0 atom stereocenters. The molecule has 20 heavy (non-hydrogen) atoms. The third kappa shape index (κ3) is 2.64. The summed E-state index contributed by atoms with van der Waals surface area (Å²) in [4.78, 5) is 2.39. The molecule has 0 spiro atoms. The summed E-state index contributed by atoms with van der Waals surface area (Å²) in [6, 6.07) is 15.1. The van der Waals surface area contributed by atoms with Gasteiger partial charge in [0.15, 0.2) is 0 Å². The first kappa shape index (κ1) is 13.0. The smallest absolute Gasteiger partial charge is 0.0429 e. The van der Waals surface area contributed by atoms with Gasteiger partial charge in [0, 0.05) is 24.5 Å². The second-order valence-electron chi connectivity index (χ2n) is 5.56. The van der Waals surface area contributed by atoms with Gasteiger partial charge in [-0.25, -0.2) is 0 Å². The molecule has 2 N–H and O–H groups in total. The number of benzene rings is 2. The van der Waals surface area contributed by atoms with E-state index in [2.05, 4.69) is 42.2 Å². The van der Waals surface area contributed by atoms with Gasteiger partial charge >= 0.3 is 0 Å². The minimum absolute atomic E-state index is 0.822. The van der Waals surface area contributed by atoms with Crippen molar-refractivity contribution in [1.29, 1.82) is 0 Å². The molecule has 0 radical (unpaired) electrons. The Morgan fingerprint density at radius 2 is 1.75 bits per heavy atom. The van der Waals surface area contributed by atoms with Gasteiger partial charge in [-0.05, 0) is 67.1 Å². The highest BCUT2D eigenvalue weighted by Crippen LogP contribution is 2.25. The van der Waals surface area contributed by atoms with Crippen molar-refractivity contribution in [2.45, 2.75) is 32.7 Å². The van der Waals surface area contributed by atoms with E-state index in [1.165, 1.54) is 30.5 Å². The van der Waals surface area contributed by atoms with E-state index < -0.39 is 0 Å². The van der Waals surface area contributed by atoms with Crippen LogP contribution in [0.15, 0.2) is 42.5 Å². The van der Waals surface area contributed by atoms with Gasteiger partial charge < -0.3 is 10.6 Å². The van der Waals surface area contributed by atoms with Crippen molar-refractivity contribution in [3.8, 4) is 0 Å². The molecule has 2 heteroatoms. The van der Waals surface area contributed by atoms with Crippen LogP contribution >= 0.6 is 0 Å². The maximum atomic E-state index is 5.76. The van der Waals surface area contributed by atoms with Gasteiger partial charge in [0.05, 0.1) is 0 Å². The lowest BCUT2D eigenvalue weighted by Crippen LogP contribution is -2.22. The predicted octanol–water partition coefficient (Wildman–Crippen LogP) is 3.78. The number of nitrogens with zero attached hydrogens (tertiary/aromatic N) is 1. The molecule has 0 bridgehead atoms. The highest BCUT2D eigenvalue weighted by Gasteiger charge is 2.12. The van der Waals surface area contributed by atoms with Gasteiger partial charge in [0.1, 0.15) is 0 Å². The van der Waals surface area contributed by atoms with E-state index in [4.69, 9.17) is 5.73 Å². The molecule has 0 unspecified atom stereocenters. The Morgan fingerprint density at radius 1 is 1.00 bits per heavy atom. The van der Waals surface area contributed by atoms with E-state index in [-0.39, 0.29) is 0 Å². The van der Waals surface area contributed by atoms with Gasteiger partial charge in [0.2, 0.25) is 0 Å². The van der Waals surface area contributed by atoms with Crippen LogP contribution in [0, 0.1) is 0 Å². The van der Waals surface area contributed by atoms with E-state index in [0.29, 0.717) is 0 Å². The summed E-state index contributed by atoms with van der Waals surface area (Å²) in [7, 11) is 0. The lowest BCUT2D eigenvalue weighted by Gasteiger charge is -2.23. The monoisotopic (exact) mass is 266 g/mol. The summed E-state index contributed by atoms with van der Waals surface area (Å²) in [6.45, 7) is 4.17. The summed E-state index contributed by atoms with van der Waals surface area (Å²) >= 11 is 0. The van der Waals surface area contributed by atoms with Crippen LogP contribution < -0.4 is 10.6 Å². The van der Waals surface area contributed by atoms with Crippen LogP contribution in [-0.2, 0) is 19.4 Å². The highest BCUT2D eigenvalue weighted by atomic mass is 15.1. The molecule has 2 aromatic carbocycles. The van der Waals surface area contributed by atoms with Gasteiger partial charge in [-0.2, -0.15) is 0 Å². The minimum Gasteiger partial charge on any atom is -0.399 e. The Hall–Kier alpha value is -1.96. The minimum atomic E-state index is 0.822. The second-order valence-corrected chi connectivity index (χ2v) is 5.56. The molecule has 104 valence electrons. The quantitative estimate of drug-likeness (QED) is 0.853. The molecule has 1 aliphatic rings. The van der Waals surface area contributed by atoms with Crippen molar-refractivity contribution >= 4 is 11.4 Å². The zero-order valence-electron chi connectivity index (χ0n) is 12.1. The Kier molecular flexibility index (Phi) is 3.64. The Balaban J connectivity index is 1.79. The van der Waals surface area contributed by atoms with Gasteiger partial charge in [-0.1, -0.05) is 18.2 Å². The molecule has 3 rings (SSSR count). The number of fused-ring (bicyclic) bond motifs is 1. The van der Waals surface area contributed by atoms with Crippen LogP contribution in [0.3, 0.4) is 0 Å². The molecule has 0 aromatic heterocycles. The molecular formula is C18H22N2. The SMILES string of the molecule is CCN(Cc1ccc2c(c1)CCC2)c1ccc(N)cc1. The first-order valence-corrected chi connectivity index (χ1v) is 7.47. The van der Waals surface area contributed by atoms with Crippen molar-refractivity contribution in [3.63, 3.8) is 0 Å². The fourth-order valence-electron chi connectivity index (χ4n) is 3.01. The molecular weight excluding hydrogens is 244 g/mol. The maximum Gasteiger partial charge on any atom is 0.0429 e. The number of rotatable bonds is 4. The van der Waals surface area contributed by atoms with Crippen LogP contribution in [0.4, 0.5) is 11.4 Å². The van der Waals surface area contributed by atoms with Crippen LogP contribution in [0.5, 0.6) is 0 Å². The van der Waals surface area contributed by atoms with Gasteiger partial charge in [-0.3, -0.25) is 0 Å². The van der Waals surface area contributed by atoms with Gasteiger partial charge in [0.25, 0.3) is 0 Å². The number of nitrogen functional groups attached to an aromatic ring is 1. The maximum absolute atomic E-state index is 5.76. The summed E-state index contributed by atoms with van der Waals surface area (Å²) in [5, 5.41) is 0. The lowest BCUT2D eigenvalue weighted by molar-refractivity contribution is 0.830. The Labute approximate surface area is 121 Å². The van der Waals surface area contributed by atoms with Crippen molar-refractivity contribution in [3.05, 3.63) is 59.2 Å². The van der Waals surface area contributed by atoms with Crippen molar-refractivity contribution in [2.24, 2.45) is 0 Å². The molecule has 0 saturated heterocycles.